The number of hydrogen-bond donors (Lipinski definition) is 2. The lowest BCUT2D eigenvalue weighted by Gasteiger charge is -2.13. The molecule has 0 aromatic heterocycles. The second-order valence-electron chi connectivity index (χ2n) is 4.59. The molecule has 0 saturated heterocycles. The van der Waals surface area contributed by atoms with Crippen LogP contribution in [0.15, 0.2) is 42.5 Å². The fraction of sp³-hybridized carbons (Fsp3) is 0.0667. The average Bonchev–Trinajstić information content (AvgIpc) is 2.53. The first-order valence-electron chi connectivity index (χ1n) is 6.43. The molecule has 7 nitrogen and oxygen atoms in total. The van der Waals surface area contributed by atoms with Crippen LogP contribution in [-0.2, 0) is 0 Å². The van der Waals surface area contributed by atoms with Gasteiger partial charge in [-0.3, -0.25) is 14.9 Å². The molecule has 2 aromatic carbocycles. The number of rotatable bonds is 4. The van der Waals surface area contributed by atoms with E-state index in [9.17, 15) is 19.3 Å². The lowest BCUT2D eigenvalue weighted by atomic mass is 10.1. The summed E-state index contributed by atoms with van der Waals surface area (Å²) in [5, 5.41) is 22.2. The quantitative estimate of drug-likeness (QED) is 0.509. The van der Waals surface area contributed by atoms with E-state index in [4.69, 9.17) is 11.0 Å². The van der Waals surface area contributed by atoms with Crippen LogP contribution in [0.5, 0.6) is 0 Å². The molecule has 0 heterocycles. The van der Waals surface area contributed by atoms with Crippen molar-refractivity contribution in [3.63, 3.8) is 0 Å². The Morgan fingerprint density at radius 3 is 2.65 bits per heavy atom. The number of hydrogen-bond acceptors (Lipinski definition) is 5. The van der Waals surface area contributed by atoms with E-state index in [-0.39, 0.29) is 22.5 Å². The largest absolute Gasteiger partial charge is 0.398 e. The highest BCUT2D eigenvalue weighted by Crippen LogP contribution is 2.22. The fourth-order valence-corrected chi connectivity index (χ4v) is 1.95. The molecule has 8 heteroatoms. The van der Waals surface area contributed by atoms with Crippen LogP contribution in [0.25, 0.3) is 0 Å². The molecule has 0 unspecified atom stereocenters. The van der Waals surface area contributed by atoms with E-state index in [0.717, 1.165) is 18.2 Å². The summed E-state index contributed by atoms with van der Waals surface area (Å²) in [7, 11) is 0. The lowest BCUT2D eigenvalue weighted by molar-refractivity contribution is -0.384. The molecule has 0 spiro atoms. The molecule has 0 fully saturated rings. The Morgan fingerprint density at radius 2 is 2.04 bits per heavy atom. The van der Waals surface area contributed by atoms with E-state index in [2.05, 4.69) is 5.32 Å². The zero-order valence-electron chi connectivity index (χ0n) is 11.7. The molecule has 0 aliphatic heterocycles. The van der Waals surface area contributed by atoms with E-state index in [1.54, 1.807) is 6.07 Å². The van der Waals surface area contributed by atoms with E-state index in [1.807, 2.05) is 0 Å². The second-order valence-corrected chi connectivity index (χ2v) is 4.59. The number of benzene rings is 2. The van der Waals surface area contributed by atoms with Gasteiger partial charge in [-0.15, -0.1) is 0 Å². The van der Waals surface area contributed by atoms with Crippen LogP contribution in [0.3, 0.4) is 0 Å². The third kappa shape index (κ3) is 3.41. The fourth-order valence-electron chi connectivity index (χ4n) is 1.95. The van der Waals surface area contributed by atoms with Crippen molar-refractivity contribution in [3.05, 3.63) is 69.5 Å². The smallest absolute Gasteiger partial charge is 0.270 e. The zero-order chi connectivity index (χ0) is 17.0. The Bertz CT molecular complexity index is 817. The van der Waals surface area contributed by atoms with Crippen LogP contribution in [-0.4, -0.2) is 10.8 Å². The van der Waals surface area contributed by atoms with Crippen LogP contribution >= 0.6 is 0 Å². The van der Waals surface area contributed by atoms with Gasteiger partial charge in [-0.25, -0.2) is 4.39 Å². The molecule has 2 aromatic rings. The van der Waals surface area contributed by atoms with Gasteiger partial charge in [0.2, 0.25) is 0 Å². The van der Waals surface area contributed by atoms with Crippen LogP contribution in [0, 0.1) is 27.3 Å². The van der Waals surface area contributed by atoms with Crippen molar-refractivity contribution in [2.24, 2.45) is 0 Å². The highest BCUT2D eigenvalue weighted by molar-refractivity contribution is 6.00. The topological polar surface area (TPSA) is 122 Å². The van der Waals surface area contributed by atoms with Crippen LogP contribution in [0.4, 0.5) is 15.8 Å². The summed E-state index contributed by atoms with van der Waals surface area (Å²) >= 11 is 0. The van der Waals surface area contributed by atoms with Gasteiger partial charge in [-0.05, 0) is 12.1 Å². The molecule has 0 radical (unpaired) electrons. The minimum atomic E-state index is -1.25. The first-order chi connectivity index (χ1) is 10.9. The number of halogens is 1. The molecule has 23 heavy (non-hydrogen) atoms. The number of nitro benzene ring substituents is 1. The van der Waals surface area contributed by atoms with Crippen molar-refractivity contribution in [1.82, 2.24) is 5.32 Å². The number of carbonyl (C=O) groups excluding carboxylic acids is 1. The van der Waals surface area contributed by atoms with Gasteiger partial charge >= 0.3 is 0 Å². The summed E-state index contributed by atoms with van der Waals surface area (Å²) < 4.78 is 13.7. The molecule has 0 bridgehead atoms. The third-order valence-electron chi connectivity index (χ3n) is 3.11. The van der Waals surface area contributed by atoms with Crippen LogP contribution in [0.2, 0.25) is 0 Å². The average molecular weight is 314 g/mol. The Labute approximate surface area is 130 Å². The van der Waals surface area contributed by atoms with E-state index < -0.39 is 22.7 Å². The minimum absolute atomic E-state index is 0.00708. The van der Waals surface area contributed by atoms with Gasteiger partial charge in [-0.1, -0.05) is 18.2 Å². The second kappa shape index (κ2) is 6.53. The number of nitrogen functional groups attached to an aromatic ring is 1. The number of nitrogens with zero attached hydrogens (tertiary/aromatic N) is 2. The number of nitriles is 1. The summed E-state index contributed by atoms with van der Waals surface area (Å²) in [6, 6.07) is 9.40. The maximum atomic E-state index is 13.7. The molecule has 1 atom stereocenters. The molecule has 116 valence electrons. The highest BCUT2D eigenvalue weighted by Gasteiger charge is 2.21. The van der Waals surface area contributed by atoms with Gasteiger partial charge in [0.25, 0.3) is 11.6 Å². The van der Waals surface area contributed by atoms with Crippen LogP contribution in [0.1, 0.15) is 22.0 Å². The number of nitrogens with two attached hydrogens (primary N) is 1. The predicted octanol–water partition coefficient (Wildman–Crippen LogP) is 2.31. The number of nitrogens with one attached hydrogen (secondary N) is 1. The summed E-state index contributed by atoms with van der Waals surface area (Å²) in [6.45, 7) is 0. The SMILES string of the molecule is N#C[C@@H](NC(=O)c1cc([N+](=O)[O-])ccc1N)c1ccccc1F. The van der Waals surface area contributed by atoms with E-state index in [0.29, 0.717) is 0 Å². The van der Waals surface area contributed by atoms with E-state index in [1.165, 1.54) is 24.3 Å². The molecule has 0 saturated carbocycles. The number of non-ortho nitro benzene ring substituents is 1. The summed E-state index contributed by atoms with van der Waals surface area (Å²) in [5.41, 5.74) is 5.17. The number of carbonyl (C=O) groups is 1. The van der Waals surface area contributed by atoms with Crippen molar-refractivity contribution in [2.75, 3.05) is 5.73 Å². The molecule has 0 aliphatic rings. The van der Waals surface area contributed by atoms with E-state index >= 15 is 0 Å². The van der Waals surface area contributed by atoms with Crippen molar-refractivity contribution in [3.8, 4) is 6.07 Å². The minimum Gasteiger partial charge on any atom is -0.398 e. The summed E-state index contributed by atoms with van der Waals surface area (Å²) in [4.78, 5) is 22.3. The summed E-state index contributed by atoms with van der Waals surface area (Å²) in [6.07, 6.45) is 0. The molecule has 3 N–H and O–H groups in total. The van der Waals surface area contributed by atoms with Gasteiger partial charge in [0, 0.05) is 23.4 Å². The maximum absolute atomic E-state index is 13.7. The Hall–Kier alpha value is -3.47. The van der Waals surface area contributed by atoms with Gasteiger partial charge in [0.05, 0.1) is 16.6 Å². The zero-order valence-corrected chi connectivity index (χ0v) is 11.7. The predicted molar refractivity (Wildman–Crippen MR) is 79.7 cm³/mol. The molecular formula is C15H11FN4O3. The standard InChI is InChI=1S/C15H11FN4O3/c16-12-4-2-1-3-10(12)14(8-17)19-15(21)11-7-9(20(22)23)5-6-13(11)18/h1-7,14H,18H2,(H,19,21)/t14-/m1/s1. The van der Waals surface area contributed by atoms with Crippen molar-refractivity contribution in [1.29, 1.82) is 5.26 Å². The normalized spacial score (nSPS) is 11.3. The first-order valence-corrected chi connectivity index (χ1v) is 6.43. The number of anilines is 1. The third-order valence-corrected chi connectivity index (χ3v) is 3.11. The number of amides is 1. The van der Waals surface area contributed by atoms with Crippen LogP contribution < -0.4 is 11.1 Å². The lowest BCUT2D eigenvalue weighted by Crippen LogP contribution is -2.29. The molecule has 1 amide bonds. The van der Waals surface area contributed by atoms with Gasteiger partial charge in [-0.2, -0.15) is 5.26 Å². The van der Waals surface area contributed by atoms with Crippen molar-refractivity contribution >= 4 is 17.3 Å². The molecular weight excluding hydrogens is 303 g/mol. The van der Waals surface area contributed by atoms with Gasteiger partial charge in [0.1, 0.15) is 11.9 Å². The maximum Gasteiger partial charge on any atom is 0.270 e. The summed E-state index contributed by atoms with van der Waals surface area (Å²) in [5.74, 6) is -1.45. The van der Waals surface area contributed by atoms with Gasteiger partial charge < -0.3 is 11.1 Å². The molecule has 2 rings (SSSR count). The van der Waals surface area contributed by atoms with Gasteiger partial charge in [0.15, 0.2) is 0 Å². The Balaban J connectivity index is 2.31. The molecule has 0 aliphatic carbocycles. The Kier molecular flexibility index (Phi) is 4.52. The number of nitro groups is 1. The van der Waals surface area contributed by atoms with Crippen molar-refractivity contribution in [2.45, 2.75) is 6.04 Å². The highest BCUT2D eigenvalue weighted by atomic mass is 19.1. The Morgan fingerprint density at radius 1 is 1.35 bits per heavy atom. The monoisotopic (exact) mass is 314 g/mol. The van der Waals surface area contributed by atoms with Crippen molar-refractivity contribution < 1.29 is 14.1 Å². The first kappa shape index (κ1) is 15.9.